The third-order valence-corrected chi connectivity index (χ3v) is 3.35. The van der Waals surface area contributed by atoms with Gasteiger partial charge in [-0.05, 0) is 26.1 Å². The zero-order valence-corrected chi connectivity index (χ0v) is 11.2. The van der Waals surface area contributed by atoms with E-state index >= 15 is 0 Å². The van der Waals surface area contributed by atoms with Crippen molar-refractivity contribution in [3.8, 4) is 0 Å². The minimum atomic E-state index is 0.0921. The minimum absolute atomic E-state index is 0.0921. The van der Waals surface area contributed by atoms with Crippen LogP contribution in [0.2, 0.25) is 0 Å². The fourth-order valence-electron chi connectivity index (χ4n) is 2.31. The summed E-state index contributed by atoms with van der Waals surface area (Å²) in [7, 11) is 3.89. The van der Waals surface area contributed by atoms with E-state index in [1.165, 1.54) is 0 Å². The van der Waals surface area contributed by atoms with Crippen molar-refractivity contribution >= 4 is 11.7 Å². The Morgan fingerprint density at radius 3 is 2.94 bits per heavy atom. The Labute approximate surface area is 108 Å². The van der Waals surface area contributed by atoms with Gasteiger partial charge in [-0.15, -0.1) is 0 Å². The van der Waals surface area contributed by atoms with Crippen molar-refractivity contribution in [1.82, 2.24) is 14.8 Å². The van der Waals surface area contributed by atoms with Crippen LogP contribution in [0.25, 0.3) is 0 Å². The van der Waals surface area contributed by atoms with Gasteiger partial charge in [0.25, 0.3) is 5.91 Å². The molecule has 5 heteroatoms. The molecule has 1 aliphatic rings. The SMILES string of the molecule is CNc1cc(C(=O)N2CCN(C)CC2C)ccn1. The monoisotopic (exact) mass is 248 g/mol. The minimum Gasteiger partial charge on any atom is -0.373 e. The summed E-state index contributed by atoms with van der Waals surface area (Å²) in [6.07, 6.45) is 1.67. The lowest BCUT2D eigenvalue weighted by Crippen LogP contribution is -2.52. The number of pyridine rings is 1. The Kier molecular flexibility index (Phi) is 3.81. The molecule has 2 heterocycles. The number of hydrogen-bond acceptors (Lipinski definition) is 4. The van der Waals surface area contributed by atoms with E-state index in [2.05, 4.69) is 29.2 Å². The molecule has 1 unspecified atom stereocenters. The second kappa shape index (κ2) is 5.35. The highest BCUT2D eigenvalue weighted by atomic mass is 16.2. The lowest BCUT2D eigenvalue weighted by Gasteiger charge is -2.38. The van der Waals surface area contributed by atoms with Crippen molar-refractivity contribution < 1.29 is 4.79 Å². The molecular formula is C13H20N4O. The number of anilines is 1. The Morgan fingerprint density at radius 2 is 2.28 bits per heavy atom. The first-order valence-corrected chi connectivity index (χ1v) is 6.25. The van der Waals surface area contributed by atoms with Gasteiger partial charge in [0.15, 0.2) is 0 Å². The number of nitrogens with zero attached hydrogens (tertiary/aromatic N) is 3. The summed E-state index contributed by atoms with van der Waals surface area (Å²) in [5.74, 6) is 0.817. The molecule has 0 aliphatic carbocycles. The predicted octanol–water partition coefficient (Wildman–Crippen LogP) is 0.899. The molecule has 1 aliphatic heterocycles. The molecule has 1 N–H and O–H groups in total. The first-order valence-electron chi connectivity index (χ1n) is 6.25. The maximum Gasteiger partial charge on any atom is 0.254 e. The Balaban J connectivity index is 2.15. The van der Waals surface area contributed by atoms with Gasteiger partial charge < -0.3 is 15.1 Å². The molecule has 1 aromatic rings. The van der Waals surface area contributed by atoms with Crippen LogP contribution in [0, 0.1) is 0 Å². The van der Waals surface area contributed by atoms with Crippen LogP contribution in [0.15, 0.2) is 18.3 Å². The zero-order valence-electron chi connectivity index (χ0n) is 11.2. The highest BCUT2D eigenvalue weighted by molar-refractivity contribution is 5.95. The normalized spacial score (nSPS) is 20.8. The van der Waals surface area contributed by atoms with Gasteiger partial charge in [-0.2, -0.15) is 0 Å². The number of carbonyl (C=O) groups excluding carboxylic acids is 1. The molecule has 18 heavy (non-hydrogen) atoms. The molecule has 1 fully saturated rings. The maximum absolute atomic E-state index is 12.4. The Morgan fingerprint density at radius 1 is 1.50 bits per heavy atom. The molecule has 0 aromatic carbocycles. The lowest BCUT2D eigenvalue weighted by molar-refractivity contribution is 0.0533. The summed E-state index contributed by atoms with van der Waals surface area (Å²) < 4.78 is 0. The average molecular weight is 248 g/mol. The van der Waals surface area contributed by atoms with Gasteiger partial charge in [0.05, 0.1) is 0 Å². The van der Waals surface area contributed by atoms with E-state index in [0.717, 1.165) is 25.5 Å². The largest absolute Gasteiger partial charge is 0.373 e. The number of likely N-dealkylation sites (N-methyl/N-ethyl adjacent to an activating group) is 1. The number of hydrogen-bond donors (Lipinski definition) is 1. The summed E-state index contributed by atoms with van der Waals surface area (Å²) in [5.41, 5.74) is 0.700. The van der Waals surface area contributed by atoms with Crippen molar-refractivity contribution in [2.75, 3.05) is 39.0 Å². The van der Waals surface area contributed by atoms with Gasteiger partial charge in [-0.1, -0.05) is 0 Å². The van der Waals surface area contributed by atoms with E-state index in [0.29, 0.717) is 5.56 Å². The molecule has 1 aromatic heterocycles. The molecule has 1 amide bonds. The lowest BCUT2D eigenvalue weighted by atomic mass is 10.1. The number of piperazine rings is 1. The summed E-state index contributed by atoms with van der Waals surface area (Å²) in [4.78, 5) is 20.8. The smallest absolute Gasteiger partial charge is 0.254 e. The van der Waals surface area contributed by atoms with Gasteiger partial charge >= 0.3 is 0 Å². The van der Waals surface area contributed by atoms with Gasteiger partial charge in [-0.25, -0.2) is 4.98 Å². The quantitative estimate of drug-likeness (QED) is 0.845. The van der Waals surface area contributed by atoms with Crippen LogP contribution < -0.4 is 5.32 Å². The average Bonchev–Trinajstić information content (AvgIpc) is 2.38. The van der Waals surface area contributed by atoms with Crippen LogP contribution >= 0.6 is 0 Å². The molecule has 1 atom stereocenters. The van der Waals surface area contributed by atoms with Crippen molar-refractivity contribution in [3.05, 3.63) is 23.9 Å². The molecular weight excluding hydrogens is 228 g/mol. The number of rotatable bonds is 2. The molecule has 98 valence electrons. The summed E-state index contributed by atoms with van der Waals surface area (Å²) in [5, 5.41) is 2.95. The van der Waals surface area contributed by atoms with Crippen LogP contribution in [0.4, 0.5) is 5.82 Å². The molecule has 0 spiro atoms. The Bertz CT molecular complexity index is 435. The molecule has 2 rings (SSSR count). The molecule has 5 nitrogen and oxygen atoms in total. The van der Waals surface area contributed by atoms with Crippen molar-refractivity contribution in [2.24, 2.45) is 0 Å². The Hall–Kier alpha value is -1.62. The van der Waals surface area contributed by atoms with Crippen LogP contribution in [-0.2, 0) is 0 Å². The number of carbonyl (C=O) groups is 1. The standard InChI is InChI=1S/C13H20N4O/c1-10-9-16(3)6-7-17(10)13(18)11-4-5-15-12(8-11)14-2/h4-5,8,10H,6-7,9H2,1-3H3,(H,14,15). The number of aromatic nitrogens is 1. The highest BCUT2D eigenvalue weighted by Gasteiger charge is 2.26. The van der Waals surface area contributed by atoms with Crippen LogP contribution in [0.3, 0.4) is 0 Å². The molecule has 0 saturated carbocycles. The summed E-state index contributed by atoms with van der Waals surface area (Å²) in [6, 6.07) is 3.82. The van der Waals surface area contributed by atoms with E-state index in [1.54, 1.807) is 25.4 Å². The van der Waals surface area contributed by atoms with Crippen molar-refractivity contribution in [1.29, 1.82) is 0 Å². The number of amides is 1. The third kappa shape index (κ3) is 2.61. The van der Waals surface area contributed by atoms with E-state index in [-0.39, 0.29) is 11.9 Å². The van der Waals surface area contributed by atoms with Crippen LogP contribution in [-0.4, -0.2) is 60.5 Å². The first kappa shape index (κ1) is 12.8. The number of nitrogens with one attached hydrogen (secondary N) is 1. The topological polar surface area (TPSA) is 48.5 Å². The van der Waals surface area contributed by atoms with E-state index in [9.17, 15) is 4.79 Å². The zero-order chi connectivity index (χ0) is 13.1. The fourth-order valence-corrected chi connectivity index (χ4v) is 2.31. The molecule has 0 bridgehead atoms. The van der Waals surface area contributed by atoms with Gasteiger partial charge in [0.1, 0.15) is 5.82 Å². The van der Waals surface area contributed by atoms with Gasteiger partial charge in [0.2, 0.25) is 0 Å². The maximum atomic E-state index is 12.4. The first-order chi connectivity index (χ1) is 8.61. The molecule has 1 saturated heterocycles. The third-order valence-electron chi connectivity index (χ3n) is 3.35. The van der Waals surface area contributed by atoms with Crippen molar-refractivity contribution in [2.45, 2.75) is 13.0 Å². The predicted molar refractivity (Wildman–Crippen MR) is 71.8 cm³/mol. The van der Waals surface area contributed by atoms with E-state index in [4.69, 9.17) is 0 Å². The van der Waals surface area contributed by atoms with Gasteiger partial charge in [-0.3, -0.25) is 4.79 Å². The van der Waals surface area contributed by atoms with Crippen LogP contribution in [0.5, 0.6) is 0 Å². The van der Waals surface area contributed by atoms with E-state index < -0.39 is 0 Å². The molecule has 0 radical (unpaired) electrons. The summed E-state index contributed by atoms with van der Waals surface area (Å²) >= 11 is 0. The van der Waals surface area contributed by atoms with Crippen LogP contribution in [0.1, 0.15) is 17.3 Å². The highest BCUT2D eigenvalue weighted by Crippen LogP contribution is 2.14. The summed E-state index contributed by atoms with van der Waals surface area (Å²) in [6.45, 7) is 4.73. The van der Waals surface area contributed by atoms with Gasteiger partial charge in [0, 0.05) is 44.5 Å². The second-order valence-electron chi connectivity index (χ2n) is 4.79. The van der Waals surface area contributed by atoms with E-state index in [1.807, 2.05) is 4.90 Å². The fraction of sp³-hybridized carbons (Fsp3) is 0.538. The van der Waals surface area contributed by atoms with Crippen molar-refractivity contribution in [3.63, 3.8) is 0 Å². The second-order valence-corrected chi connectivity index (χ2v) is 4.79.